The fraction of sp³-hybridized carbons (Fsp3) is 0. The number of furan rings is 1. The molecule has 0 radical (unpaired) electrons. The maximum atomic E-state index is 6.89. The Bertz CT molecular complexity index is 4180. The molecule has 11 aromatic carbocycles. The summed E-state index contributed by atoms with van der Waals surface area (Å²) in [6.45, 7) is 0. The van der Waals surface area contributed by atoms with Gasteiger partial charge < -0.3 is 18.5 Å². The van der Waals surface area contributed by atoms with Crippen LogP contribution in [0.3, 0.4) is 0 Å². The van der Waals surface area contributed by atoms with E-state index >= 15 is 0 Å². The molecule has 14 rings (SSSR count). The van der Waals surface area contributed by atoms with Crippen LogP contribution in [0.5, 0.6) is 0 Å². The minimum absolute atomic E-state index is 0.833. The lowest BCUT2D eigenvalue weighted by atomic mass is 9.97. The van der Waals surface area contributed by atoms with Crippen molar-refractivity contribution in [2.45, 2.75) is 0 Å². The molecule has 0 unspecified atom stereocenters. The van der Waals surface area contributed by atoms with E-state index in [0.717, 1.165) is 67.0 Å². The average Bonchev–Trinajstić information content (AvgIpc) is 4.05. The zero-order valence-corrected chi connectivity index (χ0v) is 35.8. The molecule has 4 nitrogen and oxygen atoms in total. The molecule has 0 saturated carbocycles. The predicted octanol–water partition coefficient (Wildman–Crippen LogP) is 17.2. The van der Waals surface area contributed by atoms with Crippen molar-refractivity contribution in [2.24, 2.45) is 0 Å². The summed E-state index contributed by atoms with van der Waals surface area (Å²) in [6.07, 6.45) is 0. The molecule has 0 N–H and O–H groups in total. The predicted molar refractivity (Wildman–Crippen MR) is 278 cm³/mol. The van der Waals surface area contributed by atoms with E-state index in [1.165, 1.54) is 59.7 Å². The van der Waals surface area contributed by atoms with Gasteiger partial charge in [-0.1, -0.05) is 146 Å². The molecule has 0 saturated heterocycles. The van der Waals surface area contributed by atoms with Gasteiger partial charge in [-0.05, 0) is 118 Å². The Morgan fingerprint density at radius 2 is 0.909 bits per heavy atom. The average molecular weight is 842 g/mol. The van der Waals surface area contributed by atoms with E-state index in [1.807, 2.05) is 0 Å². The normalized spacial score (nSPS) is 11.9. The molecule has 0 spiro atoms. The number of aromatic nitrogens is 2. The Hall–Kier alpha value is -8.86. The maximum absolute atomic E-state index is 6.89. The highest BCUT2D eigenvalue weighted by Crippen LogP contribution is 2.46. The van der Waals surface area contributed by atoms with Crippen LogP contribution in [0.4, 0.5) is 17.1 Å². The Morgan fingerprint density at radius 3 is 1.70 bits per heavy atom. The monoisotopic (exact) mass is 841 g/mol. The van der Waals surface area contributed by atoms with Crippen molar-refractivity contribution in [2.75, 3.05) is 4.90 Å². The van der Waals surface area contributed by atoms with E-state index in [4.69, 9.17) is 4.42 Å². The van der Waals surface area contributed by atoms with Crippen molar-refractivity contribution in [3.8, 4) is 22.5 Å². The van der Waals surface area contributed by atoms with Gasteiger partial charge in [0.05, 0.1) is 38.8 Å². The van der Waals surface area contributed by atoms with E-state index in [1.54, 1.807) is 0 Å². The summed E-state index contributed by atoms with van der Waals surface area (Å²) >= 11 is 0. The number of hydrogen-bond acceptors (Lipinski definition) is 2. The molecule has 0 amide bonds. The molecule has 0 aliphatic heterocycles. The third-order valence-electron chi connectivity index (χ3n) is 13.7. The molecule has 0 aliphatic carbocycles. The second-order valence-electron chi connectivity index (χ2n) is 17.3. The fourth-order valence-electron chi connectivity index (χ4n) is 10.8. The van der Waals surface area contributed by atoms with E-state index in [9.17, 15) is 0 Å². The summed E-state index contributed by atoms with van der Waals surface area (Å²) in [5.41, 5.74) is 14.1. The maximum Gasteiger partial charge on any atom is 0.137 e. The molecule has 0 atom stereocenters. The first-order valence-electron chi connectivity index (χ1n) is 22.6. The van der Waals surface area contributed by atoms with Gasteiger partial charge in [-0.3, -0.25) is 0 Å². The summed E-state index contributed by atoms with van der Waals surface area (Å²) in [7, 11) is 0. The molecule has 0 aliphatic rings. The zero-order valence-electron chi connectivity index (χ0n) is 35.8. The topological polar surface area (TPSA) is 26.2 Å². The Kier molecular flexibility index (Phi) is 7.95. The van der Waals surface area contributed by atoms with Crippen molar-refractivity contribution in [1.82, 2.24) is 9.13 Å². The summed E-state index contributed by atoms with van der Waals surface area (Å²) in [6, 6.07) is 85.6. The van der Waals surface area contributed by atoms with Crippen LogP contribution in [0.2, 0.25) is 0 Å². The van der Waals surface area contributed by atoms with Crippen molar-refractivity contribution in [3.05, 3.63) is 237 Å². The zero-order chi connectivity index (χ0) is 43.3. The van der Waals surface area contributed by atoms with Gasteiger partial charge in [0, 0.05) is 50.1 Å². The third kappa shape index (κ3) is 5.45. The molecule has 0 bridgehead atoms. The Balaban J connectivity index is 0.972. The molecule has 3 heterocycles. The smallest absolute Gasteiger partial charge is 0.137 e. The van der Waals surface area contributed by atoms with Crippen LogP contribution in [0.15, 0.2) is 241 Å². The van der Waals surface area contributed by atoms with Gasteiger partial charge in [0.25, 0.3) is 0 Å². The molecular formula is C62H39N3O. The first-order chi connectivity index (χ1) is 32.7. The summed E-state index contributed by atoms with van der Waals surface area (Å²) in [5, 5.41) is 12.1. The molecule has 3 aromatic heterocycles. The second kappa shape index (κ2) is 14.3. The number of nitrogens with zero attached hydrogens (tertiary/aromatic N) is 3. The number of hydrogen-bond donors (Lipinski definition) is 0. The van der Waals surface area contributed by atoms with E-state index in [2.05, 4.69) is 251 Å². The van der Waals surface area contributed by atoms with Gasteiger partial charge in [0.1, 0.15) is 11.2 Å². The van der Waals surface area contributed by atoms with Gasteiger partial charge >= 0.3 is 0 Å². The Labute approximate surface area is 380 Å². The standard InChI is InChI=1S/C62H39N3O/c1-2-15-44(16-3-1)64-55-23-11-8-20-51(55)61-56(24-12-25-57(61)64)63(45-33-30-40(31-34-45)42-32-36-48-43(38-42)29-28-41-14-4-5-17-47(41)48)46-35-37-52-60(39-46)66-59-27-13-26-58(62(52)59)65-53-21-9-6-18-49(53)50-19-7-10-22-54(50)65/h1-39H. The molecular weight excluding hydrogens is 803 g/mol. The van der Waals surface area contributed by atoms with Crippen molar-refractivity contribution >= 4 is 104 Å². The van der Waals surface area contributed by atoms with Crippen LogP contribution in [0.25, 0.3) is 110 Å². The van der Waals surface area contributed by atoms with Crippen LogP contribution in [0, 0.1) is 0 Å². The van der Waals surface area contributed by atoms with Gasteiger partial charge in [0.15, 0.2) is 0 Å². The van der Waals surface area contributed by atoms with Crippen molar-refractivity contribution in [1.29, 1.82) is 0 Å². The van der Waals surface area contributed by atoms with Crippen molar-refractivity contribution in [3.63, 3.8) is 0 Å². The summed E-state index contributed by atoms with van der Waals surface area (Å²) in [5.74, 6) is 0. The first-order valence-corrected chi connectivity index (χ1v) is 22.6. The van der Waals surface area contributed by atoms with E-state index < -0.39 is 0 Å². The SMILES string of the molecule is c1ccc(-n2c3ccccc3c3c(N(c4ccc(-c5ccc6c(ccc7ccccc76)c5)cc4)c4ccc5c(c4)oc4cccc(-n6c7ccccc7c7ccccc76)c45)cccc32)cc1. The summed E-state index contributed by atoms with van der Waals surface area (Å²) < 4.78 is 11.7. The molecule has 308 valence electrons. The van der Waals surface area contributed by atoms with Crippen LogP contribution in [-0.2, 0) is 0 Å². The number of fused-ring (bicyclic) bond motifs is 12. The highest BCUT2D eigenvalue weighted by atomic mass is 16.3. The van der Waals surface area contributed by atoms with Crippen LogP contribution in [0.1, 0.15) is 0 Å². The minimum atomic E-state index is 0.833. The lowest BCUT2D eigenvalue weighted by Crippen LogP contribution is -2.10. The largest absolute Gasteiger partial charge is 0.456 e. The van der Waals surface area contributed by atoms with Crippen LogP contribution < -0.4 is 4.90 Å². The van der Waals surface area contributed by atoms with Gasteiger partial charge in [-0.25, -0.2) is 0 Å². The van der Waals surface area contributed by atoms with Crippen LogP contribution >= 0.6 is 0 Å². The molecule has 14 aromatic rings. The molecule has 4 heteroatoms. The van der Waals surface area contributed by atoms with Gasteiger partial charge in [-0.2, -0.15) is 0 Å². The van der Waals surface area contributed by atoms with E-state index in [-0.39, 0.29) is 0 Å². The minimum Gasteiger partial charge on any atom is -0.456 e. The molecule has 0 fully saturated rings. The Morgan fingerprint density at radius 1 is 0.318 bits per heavy atom. The fourth-order valence-corrected chi connectivity index (χ4v) is 10.8. The van der Waals surface area contributed by atoms with E-state index in [0.29, 0.717) is 0 Å². The number of anilines is 3. The number of para-hydroxylation sites is 4. The van der Waals surface area contributed by atoms with Gasteiger partial charge in [0.2, 0.25) is 0 Å². The highest BCUT2D eigenvalue weighted by molar-refractivity contribution is 6.18. The quantitative estimate of drug-likeness (QED) is 0.156. The molecule has 66 heavy (non-hydrogen) atoms. The van der Waals surface area contributed by atoms with Crippen molar-refractivity contribution < 1.29 is 4.42 Å². The lowest BCUT2D eigenvalue weighted by molar-refractivity contribution is 0.669. The van der Waals surface area contributed by atoms with Crippen LogP contribution in [-0.4, -0.2) is 9.13 Å². The lowest BCUT2D eigenvalue weighted by Gasteiger charge is -2.27. The highest BCUT2D eigenvalue weighted by Gasteiger charge is 2.23. The first kappa shape index (κ1) is 36.6. The number of benzene rings is 11. The second-order valence-corrected chi connectivity index (χ2v) is 17.3. The van der Waals surface area contributed by atoms with Gasteiger partial charge in [-0.15, -0.1) is 0 Å². The number of rotatable bonds is 6. The third-order valence-corrected chi connectivity index (χ3v) is 13.7. The summed E-state index contributed by atoms with van der Waals surface area (Å²) in [4.78, 5) is 2.40.